The third kappa shape index (κ3) is 3.17. The highest BCUT2D eigenvalue weighted by Crippen LogP contribution is 2.37. The van der Waals surface area contributed by atoms with Crippen molar-refractivity contribution in [3.8, 4) is 28.4 Å². The van der Waals surface area contributed by atoms with Gasteiger partial charge in [0.2, 0.25) is 0 Å². The number of methoxy groups -OCH3 is 2. The van der Waals surface area contributed by atoms with Crippen molar-refractivity contribution in [3.63, 3.8) is 0 Å². The van der Waals surface area contributed by atoms with Crippen molar-refractivity contribution in [1.82, 2.24) is 14.8 Å². The number of hydrogen-bond donors (Lipinski definition) is 0. The van der Waals surface area contributed by atoms with Crippen molar-refractivity contribution in [3.05, 3.63) is 77.5 Å². The second-order valence-corrected chi connectivity index (χ2v) is 8.14. The first-order valence-electron chi connectivity index (χ1n) is 10.6. The number of pyridine rings is 1. The molecule has 0 radical (unpaired) electrons. The van der Waals surface area contributed by atoms with Crippen molar-refractivity contribution in [2.24, 2.45) is 0 Å². The summed E-state index contributed by atoms with van der Waals surface area (Å²) in [7, 11) is 3.28. The van der Waals surface area contributed by atoms with Gasteiger partial charge in [-0.15, -0.1) is 0 Å². The van der Waals surface area contributed by atoms with Crippen molar-refractivity contribution in [2.75, 3.05) is 14.2 Å². The Morgan fingerprint density at radius 3 is 2.31 bits per heavy atom. The largest absolute Gasteiger partial charge is 0.493 e. The van der Waals surface area contributed by atoms with Gasteiger partial charge in [0.25, 0.3) is 0 Å². The third-order valence-electron chi connectivity index (χ3n) is 6.05. The summed E-state index contributed by atoms with van der Waals surface area (Å²) in [6.45, 7) is 6.35. The van der Waals surface area contributed by atoms with Gasteiger partial charge in [-0.25, -0.2) is 4.68 Å². The number of hydrogen-bond acceptors (Lipinski definition) is 4. The maximum atomic E-state index is 5.54. The zero-order valence-electron chi connectivity index (χ0n) is 18.9. The summed E-state index contributed by atoms with van der Waals surface area (Å²) in [5.74, 6) is 1.36. The highest BCUT2D eigenvalue weighted by Gasteiger charge is 2.19. The number of benzene rings is 3. The Labute approximate surface area is 187 Å². The Kier molecular flexibility index (Phi) is 4.82. The SMILES string of the molecule is COc1ccc(-c2nn(-c3ccc(C)c(C)c3)c3c2cnc2ccc(C)cc23)cc1OC. The topological polar surface area (TPSA) is 49.2 Å². The summed E-state index contributed by atoms with van der Waals surface area (Å²) < 4.78 is 13.0. The summed E-state index contributed by atoms with van der Waals surface area (Å²) in [5, 5.41) is 7.17. The van der Waals surface area contributed by atoms with E-state index in [1.54, 1.807) is 14.2 Å². The minimum atomic E-state index is 0.670. The van der Waals surface area contributed by atoms with Crippen LogP contribution in [0.4, 0.5) is 0 Å². The van der Waals surface area contributed by atoms with Gasteiger partial charge in [-0.1, -0.05) is 17.7 Å². The number of fused-ring (bicyclic) bond motifs is 3. The van der Waals surface area contributed by atoms with Gasteiger partial charge in [0, 0.05) is 22.5 Å². The first kappa shape index (κ1) is 20.1. The molecule has 5 nitrogen and oxygen atoms in total. The molecule has 0 fully saturated rings. The van der Waals surface area contributed by atoms with Gasteiger partial charge in [-0.2, -0.15) is 5.10 Å². The van der Waals surface area contributed by atoms with Crippen LogP contribution in [0.25, 0.3) is 38.8 Å². The molecule has 0 aliphatic rings. The molecule has 0 saturated heterocycles. The quantitative estimate of drug-likeness (QED) is 0.346. The van der Waals surface area contributed by atoms with Crippen LogP contribution < -0.4 is 9.47 Å². The van der Waals surface area contributed by atoms with Gasteiger partial charge in [-0.05, 0) is 74.4 Å². The fourth-order valence-electron chi connectivity index (χ4n) is 4.14. The van der Waals surface area contributed by atoms with E-state index in [0.717, 1.165) is 38.8 Å². The predicted octanol–water partition coefficient (Wildman–Crippen LogP) is 6.18. The zero-order valence-corrected chi connectivity index (χ0v) is 18.9. The van der Waals surface area contributed by atoms with E-state index >= 15 is 0 Å². The number of aryl methyl sites for hydroxylation is 3. The molecule has 5 aromatic rings. The van der Waals surface area contributed by atoms with Crippen molar-refractivity contribution in [1.29, 1.82) is 0 Å². The zero-order chi connectivity index (χ0) is 22.4. The van der Waals surface area contributed by atoms with Gasteiger partial charge >= 0.3 is 0 Å². The number of aromatic nitrogens is 3. The van der Waals surface area contributed by atoms with E-state index in [9.17, 15) is 0 Å². The summed E-state index contributed by atoms with van der Waals surface area (Å²) in [4.78, 5) is 4.74. The van der Waals surface area contributed by atoms with E-state index in [1.165, 1.54) is 16.7 Å². The van der Waals surface area contributed by atoms with E-state index in [0.29, 0.717) is 11.5 Å². The molecule has 2 aromatic heterocycles. The van der Waals surface area contributed by atoms with E-state index in [4.69, 9.17) is 19.6 Å². The molecule has 32 heavy (non-hydrogen) atoms. The van der Waals surface area contributed by atoms with Gasteiger partial charge in [0.05, 0.1) is 30.9 Å². The predicted molar refractivity (Wildman–Crippen MR) is 129 cm³/mol. The van der Waals surface area contributed by atoms with Crippen LogP contribution >= 0.6 is 0 Å². The monoisotopic (exact) mass is 423 g/mol. The molecule has 160 valence electrons. The maximum Gasteiger partial charge on any atom is 0.161 e. The molecule has 3 aromatic carbocycles. The highest BCUT2D eigenvalue weighted by atomic mass is 16.5. The molecule has 0 saturated carbocycles. The number of nitrogens with zero attached hydrogens (tertiary/aromatic N) is 3. The summed E-state index contributed by atoms with van der Waals surface area (Å²) in [5.41, 5.74) is 8.50. The van der Waals surface area contributed by atoms with Crippen molar-refractivity contribution < 1.29 is 9.47 Å². The summed E-state index contributed by atoms with van der Waals surface area (Å²) >= 11 is 0. The Bertz CT molecular complexity index is 1480. The van der Waals surface area contributed by atoms with Gasteiger partial charge < -0.3 is 9.47 Å². The minimum absolute atomic E-state index is 0.670. The lowest BCUT2D eigenvalue weighted by Gasteiger charge is -2.09. The van der Waals surface area contributed by atoms with Crippen molar-refractivity contribution >= 4 is 21.8 Å². The first-order chi connectivity index (χ1) is 15.5. The Hall–Kier alpha value is -3.86. The second kappa shape index (κ2) is 7.68. The van der Waals surface area contributed by atoms with E-state index < -0.39 is 0 Å². The van der Waals surface area contributed by atoms with Crippen LogP contribution in [0.15, 0.2) is 60.8 Å². The molecule has 0 N–H and O–H groups in total. The van der Waals surface area contributed by atoms with Gasteiger partial charge in [-0.3, -0.25) is 4.98 Å². The molecule has 5 heteroatoms. The third-order valence-corrected chi connectivity index (χ3v) is 6.05. The molecule has 0 spiro atoms. The van der Waals surface area contributed by atoms with Crippen LogP contribution in [0.2, 0.25) is 0 Å². The summed E-state index contributed by atoms with van der Waals surface area (Å²) in [6, 6.07) is 18.7. The average Bonchev–Trinajstić information content (AvgIpc) is 3.20. The van der Waals surface area contributed by atoms with Gasteiger partial charge in [0.15, 0.2) is 11.5 Å². The van der Waals surface area contributed by atoms with E-state index in [2.05, 4.69) is 57.2 Å². The molecule has 5 rings (SSSR count). The first-order valence-corrected chi connectivity index (χ1v) is 10.6. The van der Waals surface area contributed by atoms with Crippen LogP contribution in [0.1, 0.15) is 16.7 Å². The lowest BCUT2D eigenvalue weighted by atomic mass is 10.0. The molecule has 0 unspecified atom stereocenters. The molecular formula is C27H25N3O2. The highest BCUT2D eigenvalue weighted by molar-refractivity contribution is 6.09. The molecule has 0 atom stereocenters. The summed E-state index contributed by atoms with van der Waals surface area (Å²) in [6.07, 6.45) is 1.92. The standard InChI is InChI=1S/C27H25N3O2/c1-16-6-10-23-21(12-16)27-22(15-28-23)26(19-8-11-24(31-4)25(14-19)32-5)29-30(27)20-9-7-17(2)18(3)13-20/h6-15H,1-5H3. The molecule has 0 amide bonds. The molecule has 2 heterocycles. The average molecular weight is 424 g/mol. The number of ether oxygens (including phenoxy) is 2. The van der Waals surface area contributed by atoms with Crippen LogP contribution in [-0.2, 0) is 0 Å². The van der Waals surface area contributed by atoms with E-state index in [1.807, 2.05) is 29.1 Å². The Balaban J connectivity index is 1.87. The smallest absolute Gasteiger partial charge is 0.161 e. The van der Waals surface area contributed by atoms with Crippen molar-refractivity contribution in [2.45, 2.75) is 20.8 Å². The molecular weight excluding hydrogens is 398 g/mol. The van der Waals surface area contributed by atoms with Crippen LogP contribution in [-0.4, -0.2) is 29.0 Å². The fraction of sp³-hybridized carbons (Fsp3) is 0.185. The minimum Gasteiger partial charge on any atom is -0.493 e. The van der Waals surface area contributed by atoms with Crippen LogP contribution in [0.5, 0.6) is 11.5 Å². The maximum absolute atomic E-state index is 5.54. The molecule has 0 aliphatic carbocycles. The van der Waals surface area contributed by atoms with Gasteiger partial charge in [0.1, 0.15) is 5.69 Å². The fourth-order valence-corrected chi connectivity index (χ4v) is 4.14. The normalized spacial score (nSPS) is 11.3. The van der Waals surface area contributed by atoms with Crippen LogP contribution in [0.3, 0.4) is 0 Å². The lowest BCUT2D eigenvalue weighted by molar-refractivity contribution is 0.355. The number of rotatable bonds is 4. The second-order valence-electron chi connectivity index (χ2n) is 8.14. The van der Waals surface area contributed by atoms with E-state index in [-0.39, 0.29) is 0 Å². The lowest BCUT2D eigenvalue weighted by Crippen LogP contribution is -1.99. The Morgan fingerprint density at radius 2 is 1.56 bits per heavy atom. The van der Waals surface area contributed by atoms with Crippen LogP contribution in [0, 0.1) is 20.8 Å². The molecule has 0 aliphatic heterocycles. The molecule has 0 bridgehead atoms. The Morgan fingerprint density at radius 1 is 0.750 bits per heavy atom.